The van der Waals surface area contributed by atoms with Gasteiger partial charge in [-0.2, -0.15) is 0 Å². The summed E-state index contributed by atoms with van der Waals surface area (Å²) in [7, 11) is 0. The van der Waals surface area contributed by atoms with Crippen LogP contribution in [0.4, 0.5) is 0 Å². The molecular formula is C8H11N3OS. The first-order valence-electron chi connectivity index (χ1n) is 4.05. The van der Waals surface area contributed by atoms with Crippen molar-refractivity contribution in [2.75, 3.05) is 6.54 Å². The first kappa shape index (κ1) is 10.1. The Morgan fingerprint density at radius 3 is 3.00 bits per heavy atom. The standard InChI is InChI=1S/C8H11N3OS/c1-2-6-3-4-8(13-6)7(12)5-10-11-9/h3-4,7,12H,2,5H2,1H3/t7-/m1/s1. The second kappa shape index (κ2) is 4.87. The summed E-state index contributed by atoms with van der Waals surface area (Å²) in [6.45, 7) is 2.18. The molecule has 0 aliphatic rings. The molecule has 0 saturated carbocycles. The van der Waals surface area contributed by atoms with E-state index < -0.39 is 6.10 Å². The molecule has 0 aliphatic carbocycles. The number of nitrogens with zero attached hydrogens (tertiary/aromatic N) is 3. The molecule has 0 radical (unpaired) electrons. The highest BCUT2D eigenvalue weighted by molar-refractivity contribution is 7.12. The van der Waals surface area contributed by atoms with E-state index in [1.807, 2.05) is 12.1 Å². The molecule has 1 atom stereocenters. The lowest BCUT2D eigenvalue weighted by Gasteiger charge is -2.02. The summed E-state index contributed by atoms with van der Waals surface area (Å²) in [6, 6.07) is 3.86. The number of hydrogen-bond donors (Lipinski definition) is 1. The normalized spacial score (nSPS) is 12.2. The summed E-state index contributed by atoms with van der Waals surface area (Å²) in [4.78, 5) is 4.69. The Balaban J connectivity index is 2.65. The first-order valence-corrected chi connectivity index (χ1v) is 4.87. The molecule has 0 unspecified atom stereocenters. The van der Waals surface area contributed by atoms with Gasteiger partial charge in [0.15, 0.2) is 0 Å². The van der Waals surface area contributed by atoms with Crippen LogP contribution in [-0.4, -0.2) is 11.7 Å². The number of aryl methyl sites for hydroxylation is 1. The predicted octanol–water partition coefficient (Wildman–Crippen LogP) is 2.65. The topological polar surface area (TPSA) is 69.0 Å². The smallest absolute Gasteiger partial charge is 0.0938 e. The van der Waals surface area contributed by atoms with Crippen LogP contribution in [0.25, 0.3) is 10.4 Å². The molecule has 0 spiro atoms. The maximum atomic E-state index is 9.51. The molecule has 0 amide bonds. The van der Waals surface area contributed by atoms with Crippen molar-refractivity contribution in [3.63, 3.8) is 0 Å². The molecule has 0 bridgehead atoms. The molecule has 0 fully saturated rings. The lowest BCUT2D eigenvalue weighted by Crippen LogP contribution is -1.97. The fourth-order valence-electron chi connectivity index (χ4n) is 0.967. The van der Waals surface area contributed by atoms with Gasteiger partial charge in [0.05, 0.1) is 12.6 Å². The van der Waals surface area contributed by atoms with E-state index in [4.69, 9.17) is 5.53 Å². The summed E-state index contributed by atoms with van der Waals surface area (Å²) in [5.41, 5.74) is 8.06. The third-order valence-corrected chi connectivity index (χ3v) is 3.01. The first-order chi connectivity index (χ1) is 6.27. The molecule has 1 rings (SSSR count). The quantitative estimate of drug-likeness (QED) is 0.450. The second-order valence-electron chi connectivity index (χ2n) is 2.59. The molecule has 4 nitrogen and oxygen atoms in total. The average Bonchev–Trinajstić information content (AvgIpc) is 2.62. The van der Waals surface area contributed by atoms with Gasteiger partial charge in [0.2, 0.25) is 0 Å². The van der Waals surface area contributed by atoms with Crippen molar-refractivity contribution in [2.45, 2.75) is 19.4 Å². The highest BCUT2D eigenvalue weighted by Gasteiger charge is 2.08. The average molecular weight is 197 g/mol. The third kappa shape index (κ3) is 2.73. The highest BCUT2D eigenvalue weighted by atomic mass is 32.1. The minimum absolute atomic E-state index is 0.111. The largest absolute Gasteiger partial charge is 0.387 e. The van der Waals surface area contributed by atoms with Gasteiger partial charge in [-0.05, 0) is 24.1 Å². The van der Waals surface area contributed by atoms with Crippen LogP contribution in [0.5, 0.6) is 0 Å². The van der Waals surface area contributed by atoms with Crippen LogP contribution in [0, 0.1) is 0 Å². The van der Waals surface area contributed by atoms with Crippen molar-refractivity contribution in [3.8, 4) is 0 Å². The minimum Gasteiger partial charge on any atom is -0.387 e. The van der Waals surface area contributed by atoms with E-state index in [9.17, 15) is 5.11 Å². The molecule has 1 aromatic heterocycles. The van der Waals surface area contributed by atoms with Gasteiger partial charge in [-0.1, -0.05) is 12.0 Å². The van der Waals surface area contributed by atoms with Gasteiger partial charge in [0, 0.05) is 14.7 Å². The molecule has 0 aromatic carbocycles. The Morgan fingerprint density at radius 2 is 2.46 bits per heavy atom. The fourth-order valence-corrected chi connectivity index (χ4v) is 1.90. The van der Waals surface area contributed by atoms with Crippen LogP contribution in [-0.2, 0) is 6.42 Å². The summed E-state index contributed by atoms with van der Waals surface area (Å²) < 4.78 is 0. The van der Waals surface area contributed by atoms with Crippen LogP contribution in [0.1, 0.15) is 22.8 Å². The lowest BCUT2D eigenvalue weighted by molar-refractivity contribution is 0.190. The van der Waals surface area contributed by atoms with Crippen LogP contribution >= 0.6 is 11.3 Å². The Hall–Kier alpha value is -1.03. The SMILES string of the molecule is CCc1ccc([C@H](O)CN=[N+]=[N-])s1. The molecular weight excluding hydrogens is 186 g/mol. The van der Waals surface area contributed by atoms with Gasteiger partial charge in [0.25, 0.3) is 0 Å². The molecule has 0 aliphatic heterocycles. The molecule has 70 valence electrons. The third-order valence-electron chi connectivity index (χ3n) is 1.68. The van der Waals surface area contributed by atoms with Gasteiger partial charge in [-0.3, -0.25) is 0 Å². The number of azide groups is 1. The van der Waals surface area contributed by atoms with E-state index in [1.165, 1.54) is 4.88 Å². The van der Waals surface area contributed by atoms with E-state index in [-0.39, 0.29) is 6.54 Å². The van der Waals surface area contributed by atoms with Crippen molar-refractivity contribution >= 4 is 11.3 Å². The van der Waals surface area contributed by atoms with Gasteiger partial charge in [-0.15, -0.1) is 11.3 Å². The van der Waals surface area contributed by atoms with Crippen molar-refractivity contribution in [1.29, 1.82) is 0 Å². The molecule has 1 N–H and O–H groups in total. The number of aliphatic hydroxyl groups excluding tert-OH is 1. The van der Waals surface area contributed by atoms with Gasteiger partial charge < -0.3 is 5.11 Å². The van der Waals surface area contributed by atoms with Crippen molar-refractivity contribution in [1.82, 2.24) is 0 Å². The number of rotatable bonds is 4. The Morgan fingerprint density at radius 1 is 1.69 bits per heavy atom. The molecule has 1 heterocycles. The number of hydrogen-bond acceptors (Lipinski definition) is 3. The summed E-state index contributed by atoms with van der Waals surface area (Å²) in [5, 5.41) is 12.8. The van der Waals surface area contributed by atoms with Gasteiger partial charge in [-0.25, -0.2) is 0 Å². The number of thiophene rings is 1. The van der Waals surface area contributed by atoms with Crippen LogP contribution in [0.3, 0.4) is 0 Å². The zero-order valence-electron chi connectivity index (χ0n) is 7.34. The maximum absolute atomic E-state index is 9.51. The van der Waals surface area contributed by atoms with E-state index in [0.29, 0.717) is 0 Å². The van der Waals surface area contributed by atoms with Crippen molar-refractivity contribution in [2.24, 2.45) is 5.11 Å². The lowest BCUT2D eigenvalue weighted by atomic mass is 10.3. The minimum atomic E-state index is -0.652. The fraction of sp³-hybridized carbons (Fsp3) is 0.500. The highest BCUT2D eigenvalue weighted by Crippen LogP contribution is 2.23. The monoisotopic (exact) mass is 197 g/mol. The molecule has 1 aromatic rings. The van der Waals surface area contributed by atoms with E-state index in [1.54, 1.807) is 11.3 Å². The summed E-state index contributed by atoms with van der Waals surface area (Å²) >= 11 is 1.56. The zero-order valence-corrected chi connectivity index (χ0v) is 8.16. The zero-order chi connectivity index (χ0) is 9.68. The molecule has 13 heavy (non-hydrogen) atoms. The molecule has 0 saturated heterocycles. The molecule has 5 heteroatoms. The summed E-state index contributed by atoms with van der Waals surface area (Å²) in [6.07, 6.45) is 0.319. The van der Waals surface area contributed by atoms with E-state index in [2.05, 4.69) is 16.9 Å². The van der Waals surface area contributed by atoms with Crippen LogP contribution in [0.15, 0.2) is 17.2 Å². The predicted molar refractivity (Wildman–Crippen MR) is 52.7 cm³/mol. The van der Waals surface area contributed by atoms with Crippen molar-refractivity contribution in [3.05, 3.63) is 32.3 Å². The Kier molecular flexibility index (Phi) is 3.76. The van der Waals surface area contributed by atoms with Crippen molar-refractivity contribution < 1.29 is 5.11 Å². The van der Waals surface area contributed by atoms with Crippen LogP contribution < -0.4 is 0 Å². The van der Waals surface area contributed by atoms with E-state index in [0.717, 1.165) is 11.3 Å². The van der Waals surface area contributed by atoms with Gasteiger partial charge >= 0.3 is 0 Å². The second-order valence-corrected chi connectivity index (χ2v) is 3.79. The Labute approximate surface area is 80.5 Å². The maximum Gasteiger partial charge on any atom is 0.0938 e. The van der Waals surface area contributed by atoms with Crippen LogP contribution in [0.2, 0.25) is 0 Å². The van der Waals surface area contributed by atoms with Gasteiger partial charge in [0.1, 0.15) is 0 Å². The summed E-state index contributed by atoms with van der Waals surface area (Å²) in [5.74, 6) is 0. The Bertz CT molecular complexity index is 317. The number of aliphatic hydroxyl groups is 1. The van der Waals surface area contributed by atoms with E-state index >= 15 is 0 Å².